The summed E-state index contributed by atoms with van der Waals surface area (Å²) in [6.45, 7) is 4.14. The molecule has 2 aromatic heterocycles. The number of pyridine rings is 1. The van der Waals surface area contributed by atoms with Crippen molar-refractivity contribution < 1.29 is 28.9 Å². The van der Waals surface area contributed by atoms with Crippen LogP contribution < -0.4 is 14.8 Å². The largest absolute Gasteiger partial charge is 0.494 e. The van der Waals surface area contributed by atoms with Gasteiger partial charge in [0.05, 0.1) is 44.2 Å². The third kappa shape index (κ3) is 5.45. The Morgan fingerprint density at radius 1 is 1.06 bits per heavy atom. The fourth-order valence-corrected chi connectivity index (χ4v) is 4.36. The minimum Gasteiger partial charge on any atom is -0.494 e. The van der Waals surface area contributed by atoms with Crippen LogP contribution in [0.3, 0.4) is 0 Å². The number of esters is 1. The van der Waals surface area contributed by atoms with Crippen LogP contribution in [0.1, 0.15) is 27.0 Å². The molecule has 2 N–H and O–H groups in total. The second-order valence-corrected chi connectivity index (χ2v) is 8.38. The van der Waals surface area contributed by atoms with E-state index in [0.29, 0.717) is 29.4 Å². The molecule has 0 unspecified atom stereocenters. The number of hydrogen-bond acceptors (Lipinski definition) is 8. The summed E-state index contributed by atoms with van der Waals surface area (Å²) >= 11 is 1.32. The number of carbonyl (C=O) groups is 2. The quantitative estimate of drug-likeness (QED) is 0.348. The lowest BCUT2D eigenvalue weighted by Crippen LogP contribution is -2.16. The minimum atomic E-state index is -0.498. The minimum absolute atomic E-state index is 0.107. The number of benzene rings is 1. The number of nitrogens with zero attached hydrogens (tertiary/aromatic N) is 2. The predicted molar refractivity (Wildman–Crippen MR) is 129 cm³/mol. The number of thioether (sulfide) groups is 1. The first-order valence-corrected chi connectivity index (χ1v) is 11.3. The maximum atomic E-state index is 12.5. The maximum absolute atomic E-state index is 12.5. The molecule has 0 atom stereocenters. The van der Waals surface area contributed by atoms with E-state index < -0.39 is 5.97 Å². The van der Waals surface area contributed by atoms with Crippen molar-refractivity contribution in [3.05, 3.63) is 58.8 Å². The van der Waals surface area contributed by atoms with Crippen LogP contribution in [0.25, 0.3) is 0 Å². The lowest BCUT2D eigenvalue weighted by atomic mass is 10.2. The van der Waals surface area contributed by atoms with Crippen LogP contribution >= 0.6 is 11.8 Å². The van der Waals surface area contributed by atoms with Crippen LogP contribution in [0.4, 0.5) is 5.82 Å². The summed E-state index contributed by atoms with van der Waals surface area (Å²) < 4.78 is 17.1. The van der Waals surface area contributed by atoms with Crippen LogP contribution in [-0.2, 0) is 16.1 Å². The molecule has 1 aromatic carbocycles. The van der Waals surface area contributed by atoms with Crippen LogP contribution in [0.15, 0.2) is 41.6 Å². The Labute approximate surface area is 202 Å². The zero-order valence-electron chi connectivity index (χ0n) is 19.7. The molecule has 0 fully saturated rings. The Morgan fingerprint density at radius 2 is 1.79 bits per heavy atom. The molecule has 3 aromatic rings. The van der Waals surface area contributed by atoms with Gasteiger partial charge in [-0.1, -0.05) is 17.8 Å². The van der Waals surface area contributed by atoms with E-state index in [1.165, 1.54) is 37.2 Å². The number of hydrogen-bond donors (Lipinski definition) is 2. The van der Waals surface area contributed by atoms with E-state index in [2.05, 4.69) is 15.0 Å². The van der Waals surface area contributed by atoms with Crippen molar-refractivity contribution in [3.63, 3.8) is 0 Å². The van der Waals surface area contributed by atoms with Gasteiger partial charge in [0.25, 0.3) is 0 Å². The first kappa shape index (κ1) is 25.0. The lowest BCUT2D eigenvalue weighted by molar-refractivity contribution is -0.113. The van der Waals surface area contributed by atoms with Crippen molar-refractivity contribution in [2.24, 2.45) is 0 Å². The van der Waals surface area contributed by atoms with Gasteiger partial charge in [0.2, 0.25) is 5.91 Å². The molecule has 2 heterocycles. The molecule has 180 valence electrons. The summed E-state index contributed by atoms with van der Waals surface area (Å²) in [7, 11) is 4.43. The molecule has 0 aliphatic heterocycles. The van der Waals surface area contributed by atoms with E-state index in [1.54, 1.807) is 18.8 Å². The van der Waals surface area contributed by atoms with Gasteiger partial charge in [-0.05, 0) is 49.2 Å². The molecule has 0 bridgehead atoms. The maximum Gasteiger partial charge on any atom is 0.339 e. The first-order valence-electron chi connectivity index (χ1n) is 10.4. The second kappa shape index (κ2) is 11.0. The van der Waals surface area contributed by atoms with Crippen LogP contribution in [0.2, 0.25) is 0 Å². The Bertz CT molecular complexity index is 1190. The fraction of sp³-hybridized carbons (Fsp3) is 0.292. The van der Waals surface area contributed by atoms with E-state index in [1.807, 2.05) is 32.0 Å². The topological polar surface area (TPSA) is 112 Å². The van der Waals surface area contributed by atoms with Gasteiger partial charge < -0.3 is 29.2 Å². The number of aromatic nitrogens is 2. The van der Waals surface area contributed by atoms with Crippen molar-refractivity contribution >= 4 is 29.5 Å². The number of rotatable bonds is 9. The van der Waals surface area contributed by atoms with Gasteiger partial charge in [-0.15, -0.1) is 0 Å². The van der Waals surface area contributed by atoms with Crippen molar-refractivity contribution in [1.29, 1.82) is 0 Å². The molecule has 9 nitrogen and oxygen atoms in total. The smallest absolute Gasteiger partial charge is 0.339 e. The number of anilines is 1. The number of carbonyl (C=O) groups excluding carboxylic acids is 2. The van der Waals surface area contributed by atoms with E-state index in [-0.39, 0.29) is 17.5 Å². The van der Waals surface area contributed by atoms with E-state index in [9.17, 15) is 14.7 Å². The van der Waals surface area contributed by atoms with Crippen LogP contribution in [-0.4, -0.2) is 53.6 Å². The zero-order valence-corrected chi connectivity index (χ0v) is 20.5. The predicted octanol–water partition coefficient (Wildman–Crippen LogP) is 3.79. The highest BCUT2D eigenvalue weighted by molar-refractivity contribution is 8.00. The fourth-order valence-electron chi connectivity index (χ4n) is 3.34. The summed E-state index contributed by atoms with van der Waals surface area (Å²) in [6.07, 6.45) is 1.34. The summed E-state index contributed by atoms with van der Waals surface area (Å²) in [5.74, 6) is 1.04. The van der Waals surface area contributed by atoms with Crippen molar-refractivity contribution in [1.82, 2.24) is 9.55 Å². The van der Waals surface area contributed by atoms with Gasteiger partial charge >= 0.3 is 5.97 Å². The van der Waals surface area contributed by atoms with Gasteiger partial charge in [0.15, 0.2) is 17.4 Å². The molecule has 10 heteroatoms. The van der Waals surface area contributed by atoms with Gasteiger partial charge in [-0.25, -0.2) is 9.78 Å². The Kier molecular flexibility index (Phi) is 8.06. The molecule has 0 saturated heterocycles. The van der Waals surface area contributed by atoms with Crippen LogP contribution in [0, 0.1) is 13.8 Å². The number of aromatic hydroxyl groups is 1. The highest BCUT2D eigenvalue weighted by Crippen LogP contribution is 2.36. The average molecular weight is 486 g/mol. The molecule has 1 amide bonds. The molecule has 3 rings (SSSR count). The van der Waals surface area contributed by atoms with Gasteiger partial charge in [0, 0.05) is 11.8 Å². The lowest BCUT2D eigenvalue weighted by Gasteiger charge is -2.13. The number of amides is 1. The summed E-state index contributed by atoms with van der Waals surface area (Å²) in [5.41, 5.74) is 2.85. The van der Waals surface area contributed by atoms with E-state index in [0.717, 1.165) is 21.7 Å². The molecule has 0 aliphatic carbocycles. The highest BCUT2D eigenvalue weighted by atomic mass is 32.2. The summed E-state index contributed by atoms with van der Waals surface area (Å²) in [6, 6.07) is 8.63. The summed E-state index contributed by atoms with van der Waals surface area (Å²) in [5, 5.41) is 14.2. The third-order valence-electron chi connectivity index (χ3n) is 5.30. The SMILES string of the molecule is COC(=O)c1ccc(NC(=O)CSc2c(C)c(C)c(O)n2Cc2ccc(OC)c(OC)c2)nc1. The molecular weight excluding hydrogens is 458 g/mol. The van der Waals surface area contributed by atoms with Crippen LogP contribution in [0.5, 0.6) is 17.4 Å². The average Bonchev–Trinajstić information content (AvgIpc) is 3.05. The summed E-state index contributed by atoms with van der Waals surface area (Å²) in [4.78, 5) is 28.1. The van der Waals surface area contributed by atoms with Gasteiger partial charge in [0.1, 0.15) is 5.82 Å². The van der Waals surface area contributed by atoms with E-state index >= 15 is 0 Å². The standard InChI is InChI=1S/C24H27N3O6S/c1-14-15(2)23(27(22(14)29)12-16-6-8-18(31-3)19(10-16)32-4)34-13-21(28)26-20-9-7-17(11-25-20)24(30)33-5/h6-11,29H,12-13H2,1-5H3,(H,25,26,28). The Balaban J connectivity index is 1.73. The third-order valence-corrected chi connectivity index (χ3v) is 6.51. The molecule has 0 saturated carbocycles. The van der Waals surface area contributed by atoms with Gasteiger partial charge in [-0.3, -0.25) is 4.79 Å². The van der Waals surface area contributed by atoms with Crippen molar-refractivity contribution in [3.8, 4) is 17.4 Å². The van der Waals surface area contributed by atoms with Gasteiger partial charge in [-0.2, -0.15) is 0 Å². The molecular formula is C24H27N3O6S. The van der Waals surface area contributed by atoms with Crippen molar-refractivity contribution in [2.75, 3.05) is 32.4 Å². The Morgan fingerprint density at radius 3 is 2.41 bits per heavy atom. The number of methoxy groups -OCH3 is 3. The zero-order chi connectivity index (χ0) is 24.8. The Hall–Kier alpha value is -3.66. The monoisotopic (exact) mass is 485 g/mol. The first-order chi connectivity index (χ1) is 16.3. The second-order valence-electron chi connectivity index (χ2n) is 7.41. The molecule has 0 radical (unpaired) electrons. The molecule has 34 heavy (non-hydrogen) atoms. The molecule has 0 aliphatic rings. The normalized spacial score (nSPS) is 10.6. The van der Waals surface area contributed by atoms with E-state index in [4.69, 9.17) is 9.47 Å². The number of ether oxygens (including phenoxy) is 3. The number of nitrogens with one attached hydrogen (secondary N) is 1. The highest BCUT2D eigenvalue weighted by Gasteiger charge is 2.19. The van der Waals surface area contributed by atoms with Crippen molar-refractivity contribution in [2.45, 2.75) is 25.4 Å². The molecule has 0 spiro atoms.